The maximum atomic E-state index is 12.8. The van der Waals surface area contributed by atoms with E-state index in [1.807, 2.05) is 4.90 Å². The van der Waals surface area contributed by atoms with E-state index in [4.69, 9.17) is 0 Å². The van der Waals surface area contributed by atoms with E-state index in [9.17, 15) is 18.4 Å². The van der Waals surface area contributed by atoms with Crippen LogP contribution >= 0.6 is 11.8 Å². The Morgan fingerprint density at radius 1 is 1.14 bits per heavy atom. The quantitative estimate of drug-likeness (QED) is 0.678. The Morgan fingerprint density at radius 2 is 1.79 bits per heavy atom. The summed E-state index contributed by atoms with van der Waals surface area (Å²) in [5, 5.41) is 0.0541. The van der Waals surface area contributed by atoms with E-state index < -0.39 is 5.76 Å². The molecule has 1 aromatic rings. The lowest BCUT2D eigenvalue weighted by molar-refractivity contribution is -0.135. The SMILES string of the molecule is CC1CC(C)CN(C(=O)CN2CCN(C(=O)c3cccnc3SC(F)F)CC2)C1. The van der Waals surface area contributed by atoms with Gasteiger partial charge in [-0.15, -0.1) is 0 Å². The van der Waals surface area contributed by atoms with Gasteiger partial charge in [-0.1, -0.05) is 13.8 Å². The van der Waals surface area contributed by atoms with Crippen molar-refractivity contribution in [1.82, 2.24) is 19.7 Å². The third kappa shape index (κ3) is 5.88. The number of carbonyl (C=O) groups is 2. The standard InChI is InChI=1S/C20H28F2N4O2S/c1-14-10-15(2)12-26(11-14)17(27)13-24-6-8-25(9-7-24)19(28)16-4-3-5-23-18(16)29-20(21)22/h3-5,14-15,20H,6-13H2,1-2H3. The Hall–Kier alpha value is -1.74. The number of aromatic nitrogens is 1. The number of piperidine rings is 1. The van der Waals surface area contributed by atoms with Crippen molar-refractivity contribution >= 4 is 23.6 Å². The van der Waals surface area contributed by atoms with Crippen molar-refractivity contribution in [3.05, 3.63) is 23.9 Å². The second kappa shape index (κ2) is 9.84. The van der Waals surface area contributed by atoms with Crippen LogP contribution < -0.4 is 0 Å². The molecule has 0 spiro atoms. The third-order valence-electron chi connectivity index (χ3n) is 5.44. The maximum absolute atomic E-state index is 12.8. The molecule has 2 atom stereocenters. The van der Waals surface area contributed by atoms with Gasteiger partial charge in [-0.3, -0.25) is 14.5 Å². The number of alkyl halides is 2. The molecule has 0 aromatic carbocycles. The van der Waals surface area contributed by atoms with Gasteiger partial charge in [-0.05, 0) is 42.2 Å². The third-order valence-corrected chi connectivity index (χ3v) is 6.17. The van der Waals surface area contributed by atoms with Crippen molar-refractivity contribution in [3.8, 4) is 0 Å². The zero-order chi connectivity index (χ0) is 21.0. The number of rotatable bonds is 5. The molecule has 2 amide bonds. The molecule has 2 fully saturated rings. The number of hydrogen-bond donors (Lipinski definition) is 0. The average molecular weight is 427 g/mol. The number of pyridine rings is 1. The van der Waals surface area contributed by atoms with E-state index in [1.54, 1.807) is 11.0 Å². The zero-order valence-electron chi connectivity index (χ0n) is 16.9. The summed E-state index contributed by atoms with van der Waals surface area (Å²) in [6.07, 6.45) is 2.57. The van der Waals surface area contributed by atoms with Gasteiger partial charge in [-0.25, -0.2) is 4.98 Å². The number of thioether (sulfide) groups is 1. The minimum atomic E-state index is -2.63. The lowest BCUT2D eigenvalue weighted by Crippen LogP contribution is -2.53. The number of amides is 2. The van der Waals surface area contributed by atoms with Crippen molar-refractivity contribution in [2.45, 2.75) is 31.1 Å². The van der Waals surface area contributed by atoms with Gasteiger partial charge < -0.3 is 9.80 Å². The molecular formula is C20H28F2N4O2S. The first-order chi connectivity index (χ1) is 13.8. The Morgan fingerprint density at radius 3 is 2.41 bits per heavy atom. The van der Waals surface area contributed by atoms with Crippen LogP contribution in [-0.4, -0.2) is 83.1 Å². The van der Waals surface area contributed by atoms with Crippen LogP contribution in [0.5, 0.6) is 0 Å². The van der Waals surface area contributed by atoms with Crippen LogP contribution in [0.3, 0.4) is 0 Å². The highest BCUT2D eigenvalue weighted by molar-refractivity contribution is 7.99. The summed E-state index contributed by atoms with van der Waals surface area (Å²) in [6, 6.07) is 3.12. The summed E-state index contributed by atoms with van der Waals surface area (Å²) in [4.78, 5) is 35.0. The summed E-state index contributed by atoms with van der Waals surface area (Å²) in [5.74, 6) is -1.72. The molecule has 0 bridgehead atoms. The van der Waals surface area contributed by atoms with E-state index >= 15 is 0 Å². The van der Waals surface area contributed by atoms with Gasteiger partial charge in [0, 0.05) is 45.5 Å². The second-order valence-corrected chi connectivity index (χ2v) is 9.03. The summed E-state index contributed by atoms with van der Waals surface area (Å²) in [6.45, 7) is 8.46. The number of carbonyl (C=O) groups excluding carboxylic acids is 2. The fraction of sp³-hybridized carbons (Fsp3) is 0.650. The number of likely N-dealkylation sites (tertiary alicyclic amines) is 1. The fourth-order valence-corrected chi connectivity index (χ4v) is 4.74. The first-order valence-electron chi connectivity index (χ1n) is 10.0. The van der Waals surface area contributed by atoms with Crippen molar-refractivity contribution in [1.29, 1.82) is 0 Å². The van der Waals surface area contributed by atoms with Crippen LogP contribution in [-0.2, 0) is 4.79 Å². The Kier molecular flexibility index (Phi) is 7.45. The zero-order valence-corrected chi connectivity index (χ0v) is 17.7. The minimum Gasteiger partial charge on any atom is -0.341 e. The maximum Gasteiger partial charge on any atom is 0.290 e. The molecule has 2 unspecified atom stereocenters. The Bertz CT molecular complexity index is 718. The van der Waals surface area contributed by atoms with Crippen molar-refractivity contribution in [2.75, 3.05) is 45.8 Å². The van der Waals surface area contributed by atoms with Crippen molar-refractivity contribution < 1.29 is 18.4 Å². The molecule has 3 heterocycles. The molecule has 29 heavy (non-hydrogen) atoms. The molecule has 1 aromatic heterocycles. The van der Waals surface area contributed by atoms with Gasteiger partial charge in [0.15, 0.2) is 0 Å². The smallest absolute Gasteiger partial charge is 0.290 e. The average Bonchev–Trinajstić information content (AvgIpc) is 2.67. The topological polar surface area (TPSA) is 56.8 Å². The lowest BCUT2D eigenvalue weighted by Gasteiger charge is -2.38. The van der Waals surface area contributed by atoms with E-state index in [0.717, 1.165) is 19.5 Å². The Labute approximate surface area is 174 Å². The molecule has 2 aliphatic rings. The van der Waals surface area contributed by atoms with E-state index in [2.05, 4.69) is 23.7 Å². The van der Waals surface area contributed by atoms with Crippen LogP contribution in [0.15, 0.2) is 23.4 Å². The van der Waals surface area contributed by atoms with Crippen molar-refractivity contribution in [3.63, 3.8) is 0 Å². The Balaban J connectivity index is 1.53. The van der Waals surface area contributed by atoms with Gasteiger partial charge >= 0.3 is 0 Å². The monoisotopic (exact) mass is 426 g/mol. The van der Waals surface area contributed by atoms with Gasteiger partial charge in [0.2, 0.25) is 5.91 Å². The fourth-order valence-electron chi connectivity index (χ4n) is 4.17. The van der Waals surface area contributed by atoms with Crippen molar-refractivity contribution in [2.24, 2.45) is 11.8 Å². The molecule has 160 valence electrons. The molecule has 2 saturated heterocycles. The number of halogens is 2. The van der Waals surface area contributed by atoms with Gasteiger partial charge in [0.25, 0.3) is 11.7 Å². The first-order valence-corrected chi connectivity index (χ1v) is 10.9. The largest absolute Gasteiger partial charge is 0.341 e. The highest BCUT2D eigenvalue weighted by atomic mass is 32.2. The van der Waals surface area contributed by atoms with Gasteiger partial charge in [-0.2, -0.15) is 8.78 Å². The second-order valence-electron chi connectivity index (χ2n) is 8.05. The van der Waals surface area contributed by atoms with E-state index in [-0.39, 0.29) is 34.2 Å². The molecule has 0 radical (unpaired) electrons. The van der Waals surface area contributed by atoms with Crippen LogP contribution in [0.4, 0.5) is 8.78 Å². The molecule has 3 rings (SSSR count). The van der Waals surface area contributed by atoms with Gasteiger partial charge in [0.1, 0.15) is 5.03 Å². The number of hydrogen-bond acceptors (Lipinski definition) is 5. The van der Waals surface area contributed by atoms with Gasteiger partial charge in [0.05, 0.1) is 12.1 Å². The van der Waals surface area contributed by atoms with Crippen LogP contribution in [0.1, 0.15) is 30.6 Å². The molecular weight excluding hydrogens is 398 g/mol. The van der Waals surface area contributed by atoms with Crippen LogP contribution in [0, 0.1) is 11.8 Å². The summed E-state index contributed by atoms with van der Waals surface area (Å²) in [5.41, 5.74) is 0.207. The first kappa shape index (κ1) is 22.0. The summed E-state index contributed by atoms with van der Waals surface area (Å²) >= 11 is 0.290. The molecule has 0 N–H and O–H groups in total. The number of piperazine rings is 1. The highest BCUT2D eigenvalue weighted by Gasteiger charge is 2.29. The van der Waals surface area contributed by atoms with E-state index in [0.29, 0.717) is 44.6 Å². The number of nitrogens with zero attached hydrogens (tertiary/aromatic N) is 4. The lowest BCUT2D eigenvalue weighted by atomic mass is 9.92. The highest BCUT2D eigenvalue weighted by Crippen LogP contribution is 2.27. The molecule has 0 saturated carbocycles. The minimum absolute atomic E-state index is 0.0541. The molecule has 0 aliphatic carbocycles. The summed E-state index contributed by atoms with van der Waals surface area (Å²) < 4.78 is 25.5. The van der Waals surface area contributed by atoms with E-state index in [1.165, 1.54) is 12.3 Å². The summed E-state index contributed by atoms with van der Waals surface area (Å²) in [7, 11) is 0. The predicted octanol–water partition coefficient (Wildman–Crippen LogP) is 2.66. The van der Waals surface area contributed by atoms with Crippen LogP contribution in [0.25, 0.3) is 0 Å². The predicted molar refractivity (Wildman–Crippen MR) is 108 cm³/mol. The molecule has 9 heteroatoms. The van der Waals surface area contributed by atoms with Crippen LogP contribution in [0.2, 0.25) is 0 Å². The molecule has 6 nitrogen and oxygen atoms in total. The molecule has 2 aliphatic heterocycles. The normalized spacial score (nSPS) is 23.5.